The second kappa shape index (κ2) is 13.4. The molecule has 41 heavy (non-hydrogen) atoms. The lowest BCUT2D eigenvalue weighted by atomic mass is 10.1. The Morgan fingerprint density at radius 1 is 0.878 bits per heavy atom. The van der Waals surface area contributed by atoms with E-state index in [4.69, 9.17) is 69.6 Å². The lowest BCUT2D eigenvalue weighted by Gasteiger charge is -2.15. The SMILES string of the molecule is CC(Sc1cccc(NC(=O)c2c(Cl)c(Cl)c(Cl)c(Cl)c2C(=O)O)c1)C(=O)Nc1nc(-c2ccc(Cl)c(Cl)c2)cs1. The minimum absolute atomic E-state index is 0.248. The van der Waals surface area contributed by atoms with Crippen LogP contribution in [0.4, 0.5) is 10.8 Å². The monoisotopic (exact) mass is 707 g/mol. The van der Waals surface area contributed by atoms with Gasteiger partial charge in [0.1, 0.15) is 0 Å². The number of hydrogen-bond donors (Lipinski definition) is 3. The summed E-state index contributed by atoms with van der Waals surface area (Å²) in [6, 6.07) is 11.8. The van der Waals surface area contributed by atoms with E-state index in [0.29, 0.717) is 31.5 Å². The molecule has 4 aromatic rings. The first-order valence-electron chi connectivity index (χ1n) is 11.3. The van der Waals surface area contributed by atoms with Gasteiger partial charge >= 0.3 is 5.97 Å². The third-order valence-electron chi connectivity index (χ3n) is 5.43. The molecule has 0 saturated carbocycles. The maximum atomic E-state index is 13.1. The first-order chi connectivity index (χ1) is 19.4. The van der Waals surface area contributed by atoms with E-state index in [1.54, 1.807) is 54.8 Å². The quantitative estimate of drug-likeness (QED) is 0.0955. The van der Waals surface area contributed by atoms with E-state index in [0.717, 1.165) is 5.56 Å². The Bertz CT molecular complexity index is 1700. The highest BCUT2D eigenvalue weighted by Gasteiger charge is 2.29. The van der Waals surface area contributed by atoms with Crippen LogP contribution in [0.5, 0.6) is 0 Å². The predicted octanol–water partition coefficient (Wildman–Crippen LogP) is 9.80. The van der Waals surface area contributed by atoms with Gasteiger partial charge < -0.3 is 15.7 Å². The van der Waals surface area contributed by atoms with Gasteiger partial charge in [-0.1, -0.05) is 81.7 Å². The molecule has 7 nitrogen and oxygen atoms in total. The molecule has 4 rings (SSSR count). The van der Waals surface area contributed by atoms with Gasteiger partial charge in [-0.2, -0.15) is 0 Å². The number of rotatable bonds is 8. The number of anilines is 2. The second-order valence-electron chi connectivity index (χ2n) is 8.21. The number of carbonyl (C=O) groups is 3. The van der Waals surface area contributed by atoms with Gasteiger partial charge in [0.15, 0.2) is 5.13 Å². The summed E-state index contributed by atoms with van der Waals surface area (Å²) in [7, 11) is 0. The third-order valence-corrected chi connectivity index (χ3v) is 9.82. The first kappa shape index (κ1) is 31.7. The van der Waals surface area contributed by atoms with Crippen LogP contribution in [0.25, 0.3) is 11.3 Å². The van der Waals surface area contributed by atoms with Crippen LogP contribution in [-0.4, -0.2) is 33.1 Å². The molecule has 3 aromatic carbocycles. The summed E-state index contributed by atoms with van der Waals surface area (Å²) in [5.74, 6) is -2.65. The molecule has 15 heteroatoms. The van der Waals surface area contributed by atoms with Crippen LogP contribution in [0.2, 0.25) is 30.1 Å². The molecule has 0 saturated heterocycles. The van der Waals surface area contributed by atoms with Gasteiger partial charge in [-0.25, -0.2) is 9.78 Å². The zero-order valence-corrected chi connectivity index (χ0v) is 26.6. The van der Waals surface area contributed by atoms with E-state index in [-0.39, 0.29) is 21.0 Å². The van der Waals surface area contributed by atoms with Crippen LogP contribution >= 0.6 is 92.7 Å². The molecule has 0 aliphatic rings. The molecular weight excluding hydrogens is 695 g/mol. The summed E-state index contributed by atoms with van der Waals surface area (Å²) >= 11 is 38.8. The molecular formula is C26H15Cl6N3O4S2. The van der Waals surface area contributed by atoms with Crippen molar-refractivity contribution in [2.45, 2.75) is 17.1 Å². The molecule has 3 N–H and O–H groups in total. The fraction of sp³-hybridized carbons (Fsp3) is 0.0769. The van der Waals surface area contributed by atoms with E-state index in [2.05, 4.69) is 15.6 Å². The van der Waals surface area contributed by atoms with Crippen molar-refractivity contribution in [3.8, 4) is 11.3 Å². The van der Waals surface area contributed by atoms with Crippen LogP contribution in [-0.2, 0) is 4.79 Å². The molecule has 212 valence electrons. The number of halogens is 6. The molecule has 0 radical (unpaired) electrons. The van der Waals surface area contributed by atoms with E-state index >= 15 is 0 Å². The largest absolute Gasteiger partial charge is 0.478 e. The van der Waals surface area contributed by atoms with Crippen LogP contribution in [0, 0.1) is 0 Å². The van der Waals surface area contributed by atoms with Crippen molar-refractivity contribution in [3.05, 3.63) is 89.1 Å². The number of amides is 2. The highest BCUT2D eigenvalue weighted by atomic mass is 35.5. The number of thioether (sulfide) groups is 1. The molecule has 2 amide bonds. The fourth-order valence-electron chi connectivity index (χ4n) is 3.47. The molecule has 0 fully saturated rings. The Labute approximate surface area is 272 Å². The highest BCUT2D eigenvalue weighted by Crippen LogP contribution is 2.42. The van der Waals surface area contributed by atoms with Crippen molar-refractivity contribution >= 4 is 121 Å². The van der Waals surface area contributed by atoms with Crippen molar-refractivity contribution in [3.63, 3.8) is 0 Å². The average molecular weight is 710 g/mol. The smallest absolute Gasteiger partial charge is 0.338 e. The number of carboxylic acids is 1. The number of thiazole rings is 1. The maximum absolute atomic E-state index is 13.1. The lowest BCUT2D eigenvalue weighted by Crippen LogP contribution is -2.22. The second-order valence-corrected chi connectivity index (χ2v) is 12.8. The summed E-state index contributed by atoms with van der Waals surface area (Å²) < 4.78 is 0. The predicted molar refractivity (Wildman–Crippen MR) is 169 cm³/mol. The summed E-state index contributed by atoms with van der Waals surface area (Å²) in [6.45, 7) is 1.72. The summed E-state index contributed by atoms with van der Waals surface area (Å²) in [6.07, 6.45) is 0. The van der Waals surface area contributed by atoms with Gasteiger partial charge in [-0.15, -0.1) is 23.1 Å². The Morgan fingerprint density at radius 2 is 1.56 bits per heavy atom. The Kier molecular flexibility index (Phi) is 10.4. The minimum Gasteiger partial charge on any atom is -0.478 e. The molecule has 0 aliphatic heterocycles. The van der Waals surface area contributed by atoms with Gasteiger partial charge in [-0.3, -0.25) is 9.59 Å². The van der Waals surface area contributed by atoms with E-state index < -0.39 is 33.3 Å². The number of hydrogen-bond acceptors (Lipinski definition) is 6. The van der Waals surface area contributed by atoms with Gasteiger partial charge in [-0.05, 0) is 37.3 Å². The molecule has 0 aliphatic carbocycles. The standard InChI is InChI=1S/C26H15Cl6N3O4S2/c1-10(23(36)35-26-34-16(9-40-26)11-5-6-14(27)15(28)7-11)41-13-4-2-3-12(8-13)33-24(37)17-18(25(38)39)20(30)22(32)21(31)19(17)29/h2-10H,1H3,(H,33,37)(H,38,39)(H,34,35,36). The van der Waals surface area contributed by atoms with Gasteiger partial charge in [0.2, 0.25) is 5.91 Å². The summed E-state index contributed by atoms with van der Waals surface area (Å²) in [5.41, 5.74) is 0.699. The molecule has 1 atom stereocenters. The number of aromatic carboxylic acids is 1. The molecule has 1 heterocycles. The number of nitrogens with one attached hydrogen (secondary N) is 2. The molecule has 1 aromatic heterocycles. The van der Waals surface area contributed by atoms with Crippen LogP contribution < -0.4 is 10.6 Å². The zero-order valence-electron chi connectivity index (χ0n) is 20.4. The van der Waals surface area contributed by atoms with E-state index in [1.165, 1.54) is 23.1 Å². The van der Waals surface area contributed by atoms with E-state index in [1.807, 2.05) is 0 Å². The maximum Gasteiger partial charge on any atom is 0.338 e. The van der Waals surface area contributed by atoms with Gasteiger partial charge in [0, 0.05) is 21.5 Å². The summed E-state index contributed by atoms with van der Waals surface area (Å²) in [4.78, 5) is 42.8. The number of aromatic nitrogens is 1. The fourth-order valence-corrected chi connectivity index (χ4v) is 6.44. The van der Waals surface area contributed by atoms with Gasteiger partial charge in [0.05, 0.1) is 52.2 Å². The Morgan fingerprint density at radius 3 is 2.22 bits per heavy atom. The number of benzene rings is 3. The number of carboxylic acid groups (broad SMARTS) is 1. The average Bonchev–Trinajstić information content (AvgIpc) is 3.39. The zero-order chi connectivity index (χ0) is 30.0. The Hall–Kier alpha value is -2.21. The highest BCUT2D eigenvalue weighted by molar-refractivity contribution is 8.00. The van der Waals surface area contributed by atoms with E-state index in [9.17, 15) is 19.5 Å². The van der Waals surface area contributed by atoms with Crippen molar-refractivity contribution in [1.82, 2.24) is 4.98 Å². The van der Waals surface area contributed by atoms with Crippen molar-refractivity contribution in [2.75, 3.05) is 10.6 Å². The van der Waals surface area contributed by atoms with Crippen LogP contribution in [0.3, 0.4) is 0 Å². The van der Waals surface area contributed by atoms with Crippen LogP contribution in [0.1, 0.15) is 27.6 Å². The van der Waals surface area contributed by atoms with Crippen LogP contribution in [0.15, 0.2) is 52.7 Å². The van der Waals surface area contributed by atoms with Crippen molar-refractivity contribution in [2.24, 2.45) is 0 Å². The van der Waals surface area contributed by atoms with Gasteiger partial charge in [0.25, 0.3) is 5.91 Å². The third kappa shape index (κ3) is 7.24. The number of nitrogens with zero attached hydrogens (tertiary/aromatic N) is 1. The van der Waals surface area contributed by atoms with Crippen molar-refractivity contribution < 1.29 is 19.5 Å². The Balaban J connectivity index is 1.45. The van der Waals surface area contributed by atoms with Crippen molar-refractivity contribution in [1.29, 1.82) is 0 Å². The number of carbonyl (C=O) groups excluding carboxylic acids is 2. The normalized spacial score (nSPS) is 11.7. The minimum atomic E-state index is -1.51. The first-order valence-corrected chi connectivity index (χ1v) is 15.3. The topological polar surface area (TPSA) is 108 Å². The molecule has 1 unspecified atom stereocenters. The summed E-state index contributed by atoms with van der Waals surface area (Å²) in [5, 5.41) is 16.2. The molecule has 0 spiro atoms. The molecule has 0 bridgehead atoms. The lowest BCUT2D eigenvalue weighted by molar-refractivity contribution is -0.115.